The average Bonchev–Trinajstić information content (AvgIpc) is 2.31. The summed E-state index contributed by atoms with van der Waals surface area (Å²) < 4.78 is 35.4. The van der Waals surface area contributed by atoms with Crippen molar-refractivity contribution in [2.24, 2.45) is 17.3 Å². The maximum atomic E-state index is 11.1. The zero-order chi connectivity index (χ0) is 11.5. The van der Waals surface area contributed by atoms with E-state index in [-0.39, 0.29) is 11.3 Å². The summed E-state index contributed by atoms with van der Waals surface area (Å²) >= 11 is 0. The fourth-order valence-electron chi connectivity index (χ4n) is 3.01. The summed E-state index contributed by atoms with van der Waals surface area (Å²) in [5.41, 5.74) is 0.0481. The molecule has 3 nitrogen and oxygen atoms in total. The van der Waals surface area contributed by atoms with Crippen LogP contribution in [0.25, 0.3) is 0 Å². The average molecular weight is 219 g/mol. The molecule has 2 fully saturated rings. The minimum absolute atomic E-state index is 0.0460. The van der Waals surface area contributed by atoms with E-state index in [1.165, 1.54) is 0 Å². The Hall–Kier alpha value is -0.0900. The van der Waals surface area contributed by atoms with Crippen LogP contribution in [0.15, 0.2) is 0 Å². The zero-order valence-electron chi connectivity index (χ0n) is 9.91. The van der Waals surface area contributed by atoms with E-state index in [4.69, 9.17) is 5.55 Å². The lowest BCUT2D eigenvalue weighted by Gasteiger charge is -2.25. The number of hydrogen-bond acceptors (Lipinski definition) is 3. The normalized spacial score (nSPS) is 46.6. The summed E-state index contributed by atoms with van der Waals surface area (Å²) in [6.45, 7) is 4.24. The summed E-state index contributed by atoms with van der Waals surface area (Å²) in [7, 11) is -3.53. The van der Waals surface area contributed by atoms with Gasteiger partial charge in [0.05, 0.1) is 13.7 Å². The molecule has 0 radical (unpaired) electrons. The van der Waals surface area contributed by atoms with E-state index in [1.54, 1.807) is 0 Å². The van der Waals surface area contributed by atoms with Gasteiger partial charge in [-0.25, -0.2) is 0 Å². The van der Waals surface area contributed by atoms with Crippen LogP contribution in [0.4, 0.5) is 0 Å². The third-order valence-corrected chi connectivity index (χ3v) is 4.37. The van der Waals surface area contributed by atoms with Crippen molar-refractivity contribution in [3.8, 4) is 0 Å². The van der Waals surface area contributed by atoms with Gasteiger partial charge in [-0.1, -0.05) is 13.8 Å². The summed E-state index contributed by atoms with van der Waals surface area (Å²) in [5.74, 6) is 0.478. The Balaban J connectivity index is 2.27. The quantitative estimate of drug-likeness (QED) is 0.665. The number of fused-ring (bicyclic) bond motifs is 2. The van der Waals surface area contributed by atoms with E-state index in [9.17, 15) is 8.42 Å². The lowest BCUT2D eigenvalue weighted by atomic mass is 9.82. The molecule has 0 heterocycles. The van der Waals surface area contributed by atoms with Gasteiger partial charge in [-0.3, -0.25) is 4.18 Å². The SMILES string of the molecule is [2H]C1(OS(C)(=O)=O)CC2CCC1C2(C)C. The molecule has 2 aliphatic rings. The van der Waals surface area contributed by atoms with Crippen molar-refractivity contribution in [3.05, 3.63) is 0 Å². The molecule has 0 saturated heterocycles. The molecule has 0 aromatic heterocycles. The Morgan fingerprint density at radius 1 is 1.43 bits per heavy atom. The van der Waals surface area contributed by atoms with Gasteiger partial charge in [0.25, 0.3) is 10.1 Å². The summed E-state index contributed by atoms with van der Waals surface area (Å²) in [6.07, 6.45) is 2.39. The predicted molar refractivity (Wildman–Crippen MR) is 54.3 cm³/mol. The highest BCUT2D eigenvalue weighted by Gasteiger charge is 2.54. The Bertz CT molecular complexity index is 376. The van der Waals surface area contributed by atoms with Gasteiger partial charge in [0.15, 0.2) is 0 Å². The monoisotopic (exact) mass is 219 g/mol. The number of hydrogen-bond donors (Lipinski definition) is 0. The second-order valence-corrected chi connectivity index (χ2v) is 6.68. The minimum atomic E-state index is -3.53. The van der Waals surface area contributed by atoms with Crippen LogP contribution in [0.1, 0.15) is 34.5 Å². The smallest absolute Gasteiger partial charge is 0.264 e. The summed E-state index contributed by atoms with van der Waals surface area (Å²) in [5, 5.41) is 0. The lowest BCUT2D eigenvalue weighted by Crippen LogP contribution is -2.27. The molecule has 0 aromatic carbocycles. The lowest BCUT2D eigenvalue weighted by molar-refractivity contribution is 0.125. The van der Waals surface area contributed by atoms with Gasteiger partial charge in [-0.2, -0.15) is 8.42 Å². The molecule has 0 N–H and O–H groups in total. The van der Waals surface area contributed by atoms with Gasteiger partial charge < -0.3 is 0 Å². The van der Waals surface area contributed by atoms with Crippen LogP contribution >= 0.6 is 0 Å². The highest BCUT2D eigenvalue weighted by atomic mass is 32.2. The maximum absolute atomic E-state index is 11.1. The Labute approximate surface area is 87.4 Å². The van der Waals surface area contributed by atoms with Crippen molar-refractivity contribution in [3.63, 3.8) is 0 Å². The maximum Gasteiger partial charge on any atom is 0.264 e. The van der Waals surface area contributed by atoms with Crippen LogP contribution < -0.4 is 0 Å². The molecule has 2 bridgehead atoms. The molecule has 82 valence electrons. The Morgan fingerprint density at radius 2 is 2.07 bits per heavy atom. The molecule has 0 aromatic rings. The molecule has 2 saturated carbocycles. The van der Waals surface area contributed by atoms with Crippen LogP contribution in [-0.2, 0) is 14.3 Å². The van der Waals surface area contributed by atoms with E-state index in [0.717, 1.165) is 19.1 Å². The second-order valence-electron chi connectivity index (χ2n) is 5.11. The van der Waals surface area contributed by atoms with Crippen molar-refractivity contribution in [1.82, 2.24) is 0 Å². The summed E-state index contributed by atoms with van der Waals surface area (Å²) in [6, 6.07) is 0. The van der Waals surface area contributed by atoms with Gasteiger partial charge in [0.2, 0.25) is 0 Å². The van der Waals surface area contributed by atoms with Crippen LogP contribution in [-0.4, -0.2) is 20.8 Å². The van der Waals surface area contributed by atoms with Crippen molar-refractivity contribution in [1.29, 1.82) is 0 Å². The Kier molecular flexibility index (Phi) is 1.93. The molecular weight excluding hydrogens is 200 g/mol. The van der Waals surface area contributed by atoms with E-state index in [0.29, 0.717) is 12.3 Å². The molecule has 4 heteroatoms. The van der Waals surface area contributed by atoms with Crippen LogP contribution in [0.5, 0.6) is 0 Å². The van der Waals surface area contributed by atoms with Crippen LogP contribution in [0.3, 0.4) is 0 Å². The third-order valence-electron chi connectivity index (χ3n) is 3.85. The first-order chi connectivity index (χ1) is 6.65. The summed E-state index contributed by atoms with van der Waals surface area (Å²) in [4.78, 5) is 0. The molecule has 2 aliphatic carbocycles. The predicted octanol–water partition coefficient (Wildman–Crippen LogP) is 1.79. The van der Waals surface area contributed by atoms with E-state index in [2.05, 4.69) is 13.8 Å². The standard InChI is InChI=1S/C10H18O3S/c1-10(2)7-4-5-8(10)9(6-7)13-14(3,11)12/h7-9H,4-6H2,1-3H3/i9D. The van der Waals surface area contributed by atoms with E-state index >= 15 is 0 Å². The van der Waals surface area contributed by atoms with E-state index < -0.39 is 16.2 Å². The van der Waals surface area contributed by atoms with Gasteiger partial charge in [0.1, 0.15) is 0 Å². The first-order valence-electron chi connectivity index (χ1n) is 5.56. The zero-order valence-corrected chi connectivity index (χ0v) is 9.73. The molecule has 2 rings (SSSR count). The molecule has 3 unspecified atom stereocenters. The largest absolute Gasteiger partial charge is 0.267 e. The topological polar surface area (TPSA) is 43.4 Å². The first kappa shape index (κ1) is 9.16. The highest BCUT2D eigenvalue weighted by molar-refractivity contribution is 7.86. The van der Waals surface area contributed by atoms with Crippen LogP contribution in [0, 0.1) is 17.3 Å². The Morgan fingerprint density at radius 3 is 2.43 bits per heavy atom. The van der Waals surface area contributed by atoms with E-state index in [1.807, 2.05) is 0 Å². The second kappa shape index (κ2) is 2.95. The molecule has 0 amide bonds. The fourth-order valence-corrected chi connectivity index (χ4v) is 3.58. The molecule has 14 heavy (non-hydrogen) atoms. The third kappa shape index (κ3) is 1.58. The molecule has 3 atom stereocenters. The molecule has 0 spiro atoms. The van der Waals surface area contributed by atoms with Gasteiger partial charge in [-0.05, 0) is 36.5 Å². The van der Waals surface area contributed by atoms with Crippen LogP contribution in [0.2, 0.25) is 0 Å². The van der Waals surface area contributed by atoms with Crippen molar-refractivity contribution in [2.75, 3.05) is 6.26 Å². The van der Waals surface area contributed by atoms with Crippen molar-refractivity contribution >= 4 is 10.1 Å². The number of rotatable bonds is 2. The molecule has 0 aliphatic heterocycles. The van der Waals surface area contributed by atoms with Crippen molar-refractivity contribution in [2.45, 2.75) is 39.2 Å². The highest BCUT2D eigenvalue weighted by Crippen LogP contribution is 2.58. The van der Waals surface area contributed by atoms with Gasteiger partial charge >= 0.3 is 0 Å². The molecular formula is C10H18O3S. The fraction of sp³-hybridized carbons (Fsp3) is 1.00. The van der Waals surface area contributed by atoms with Gasteiger partial charge in [0, 0.05) is 0 Å². The van der Waals surface area contributed by atoms with Gasteiger partial charge in [-0.15, -0.1) is 0 Å². The first-order valence-corrected chi connectivity index (χ1v) is 6.87. The van der Waals surface area contributed by atoms with Crippen molar-refractivity contribution < 1.29 is 14.0 Å². The minimum Gasteiger partial charge on any atom is -0.267 e.